The van der Waals surface area contributed by atoms with Crippen LogP contribution in [0.3, 0.4) is 0 Å². The Morgan fingerprint density at radius 1 is 1.24 bits per heavy atom. The van der Waals surface area contributed by atoms with Gasteiger partial charge >= 0.3 is 0 Å². The second-order valence-corrected chi connectivity index (χ2v) is 5.20. The summed E-state index contributed by atoms with van der Waals surface area (Å²) < 4.78 is 26.3. The van der Waals surface area contributed by atoms with Gasteiger partial charge in [0, 0.05) is 24.7 Å². The molecule has 3 nitrogen and oxygen atoms in total. The highest BCUT2D eigenvalue weighted by Gasteiger charge is 2.23. The maximum absolute atomic E-state index is 13.1. The lowest BCUT2D eigenvalue weighted by Gasteiger charge is -2.32. The fourth-order valence-electron chi connectivity index (χ4n) is 2.55. The van der Waals surface area contributed by atoms with Crippen molar-refractivity contribution < 1.29 is 13.6 Å². The molecule has 0 radical (unpaired) electrons. The molecule has 0 saturated carbocycles. The van der Waals surface area contributed by atoms with Gasteiger partial charge in [0.05, 0.1) is 0 Å². The van der Waals surface area contributed by atoms with Crippen molar-refractivity contribution in [2.45, 2.75) is 19.8 Å². The molecule has 1 aliphatic heterocycles. The summed E-state index contributed by atoms with van der Waals surface area (Å²) in [6.45, 7) is 5.27. The fraction of sp³-hybridized carbons (Fsp3) is 0.533. The molecule has 1 aromatic rings. The molecule has 118 valence electrons. The number of nitrogens with zero attached hydrogens (tertiary/aromatic N) is 1. The average molecular weight is 319 g/mol. The monoisotopic (exact) mass is 318 g/mol. The smallest absolute Gasteiger partial charge is 0.254 e. The molecule has 0 aliphatic carbocycles. The molecule has 1 heterocycles. The number of piperidine rings is 1. The van der Waals surface area contributed by atoms with Crippen molar-refractivity contribution >= 4 is 18.3 Å². The van der Waals surface area contributed by atoms with Crippen LogP contribution in [0.15, 0.2) is 18.2 Å². The van der Waals surface area contributed by atoms with Gasteiger partial charge in [0.15, 0.2) is 0 Å². The number of halogens is 3. The maximum Gasteiger partial charge on any atom is 0.254 e. The summed E-state index contributed by atoms with van der Waals surface area (Å²) >= 11 is 0. The van der Waals surface area contributed by atoms with Crippen LogP contribution in [-0.4, -0.2) is 37.0 Å². The second-order valence-electron chi connectivity index (χ2n) is 5.20. The van der Waals surface area contributed by atoms with E-state index in [0.717, 1.165) is 44.1 Å². The van der Waals surface area contributed by atoms with Crippen LogP contribution in [0.5, 0.6) is 0 Å². The molecule has 0 atom stereocenters. The summed E-state index contributed by atoms with van der Waals surface area (Å²) in [6, 6.07) is 2.96. The minimum atomic E-state index is -0.713. The Kier molecular flexibility index (Phi) is 7.05. The molecular formula is C15H21ClF2N2O. The van der Waals surface area contributed by atoms with E-state index in [1.165, 1.54) is 0 Å². The van der Waals surface area contributed by atoms with Crippen molar-refractivity contribution in [1.82, 2.24) is 10.2 Å². The van der Waals surface area contributed by atoms with Gasteiger partial charge in [-0.15, -0.1) is 12.4 Å². The molecular weight excluding hydrogens is 298 g/mol. The van der Waals surface area contributed by atoms with Gasteiger partial charge in [0.1, 0.15) is 11.6 Å². The van der Waals surface area contributed by atoms with Gasteiger partial charge in [0.2, 0.25) is 0 Å². The Morgan fingerprint density at radius 2 is 1.81 bits per heavy atom. The first kappa shape index (κ1) is 17.9. The molecule has 2 rings (SSSR count). The SMILES string of the molecule is CCNCC1CCN(C(=O)c2cc(F)cc(F)c2)CC1.Cl. The third kappa shape index (κ3) is 4.93. The molecule has 1 amide bonds. The van der Waals surface area contributed by atoms with Crippen molar-refractivity contribution in [3.05, 3.63) is 35.4 Å². The summed E-state index contributed by atoms with van der Waals surface area (Å²) in [4.78, 5) is 13.9. The first-order valence-corrected chi connectivity index (χ1v) is 7.06. The van der Waals surface area contributed by atoms with E-state index >= 15 is 0 Å². The minimum Gasteiger partial charge on any atom is -0.339 e. The van der Waals surface area contributed by atoms with Crippen molar-refractivity contribution in [1.29, 1.82) is 0 Å². The standard InChI is InChI=1S/C15H20F2N2O.ClH/c1-2-18-10-11-3-5-19(6-4-11)15(20)12-7-13(16)9-14(17)8-12;/h7-9,11,18H,2-6,10H2,1H3;1H. The Morgan fingerprint density at radius 3 is 2.33 bits per heavy atom. The quantitative estimate of drug-likeness (QED) is 0.926. The maximum atomic E-state index is 13.1. The van der Waals surface area contributed by atoms with E-state index in [0.29, 0.717) is 19.0 Å². The van der Waals surface area contributed by atoms with Crippen LogP contribution >= 0.6 is 12.4 Å². The van der Waals surface area contributed by atoms with Crippen LogP contribution in [0.2, 0.25) is 0 Å². The lowest BCUT2D eigenvalue weighted by Crippen LogP contribution is -2.40. The van der Waals surface area contributed by atoms with E-state index in [9.17, 15) is 13.6 Å². The third-order valence-corrected chi connectivity index (χ3v) is 3.69. The highest BCUT2D eigenvalue weighted by molar-refractivity contribution is 5.94. The highest BCUT2D eigenvalue weighted by Crippen LogP contribution is 2.19. The molecule has 1 fully saturated rings. The molecule has 0 spiro atoms. The van der Waals surface area contributed by atoms with Gasteiger partial charge in [0.25, 0.3) is 5.91 Å². The molecule has 0 unspecified atom stereocenters. The van der Waals surface area contributed by atoms with Crippen molar-refractivity contribution in [3.8, 4) is 0 Å². The lowest BCUT2D eigenvalue weighted by molar-refractivity contribution is 0.0689. The summed E-state index contributed by atoms with van der Waals surface area (Å²) in [5.41, 5.74) is 0.0904. The van der Waals surface area contributed by atoms with Crippen LogP contribution in [0, 0.1) is 17.6 Å². The van der Waals surface area contributed by atoms with Gasteiger partial charge in [-0.1, -0.05) is 6.92 Å². The Bertz CT molecular complexity index is 456. The van der Waals surface area contributed by atoms with Crippen LogP contribution in [0.4, 0.5) is 8.78 Å². The van der Waals surface area contributed by atoms with Gasteiger partial charge < -0.3 is 10.2 Å². The van der Waals surface area contributed by atoms with E-state index < -0.39 is 11.6 Å². The Hall–Kier alpha value is -1.20. The molecule has 0 bridgehead atoms. The fourth-order valence-corrected chi connectivity index (χ4v) is 2.55. The molecule has 6 heteroatoms. The Labute approximate surface area is 130 Å². The normalized spacial score (nSPS) is 15.7. The number of carbonyl (C=O) groups excluding carboxylic acids is 1. The molecule has 1 aliphatic rings. The number of benzene rings is 1. The number of nitrogens with one attached hydrogen (secondary N) is 1. The van der Waals surface area contributed by atoms with Gasteiger partial charge in [-0.25, -0.2) is 8.78 Å². The number of hydrogen-bond donors (Lipinski definition) is 1. The van der Waals surface area contributed by atoms with E-state index in [4.69, 9.17) is 0 Å². The van der Waals surface area contributed by atoms with Gasteiger partial charge in [-0.2, -0.15) is 0 Å². The third-order valence-electron chi connectivity index (χ3n) is 3.69. The van der Waals surface area contributed by atoms with Crippen LogP contribution < -0.4 is 5.32 Å². The van der Waals surface area contributed by atoms with Gasteiger partial charge in [-0.05, 0) is 44.0 Å². The zero-order valence-electron chi connectivity index (χ0n) is 12.1. The Balaban J connectivity index is 0.00000220. The summed E-state index contributed by atoms with van der Waals surface area (Å²) in [6.07, 6.45) is 1.85. The largest absolute Gasteiger partial charge is 0.339 e. The average Bonchev–Trinajstić information content (AvgIpc) is 2.44. The minimum absolute atomic E-state index is 0. The zero-order chi connectivity index (χ0) is 14.5. The van der Waals surface area contributed by atoms with Gasteiger partial charge in [-0.3, -0.25) is 4.79 Å². The van der Waals surface area contributed by atoms with Crippen LogP contribution in [0.1, 0.15) is 30.1 Å². The number of amides is 1. The first-order valence-electron chi connectivity index (χ1n) is 7.06. The van der Waals surface area contributed by atoms with E-state index in [1.54, 1.807) is 4.90 Å². The first-order chi connectivity index (χ1) is 9.60. The number of carbonyl (C=O) groups is 1. The van der Waals surface area contributed by atoms with E-state index in [2.05, 4.69) is 12.2 Å². The lowest BCUT2D eigenvalue weighted by atomic mass is 9.96. The van der Waals surface area contributed by atoms with E-state index in [1.807, 2.05) is 0 Å². The second kappa shape index (κ2) is 8.29. The molecule has 1 saturated heterocycles. The topological polar surface area (TPSA) is 32.3 Å². The predicted molar refractivity (Wildman–Crippen MR) is 80.8 cm³/mol. The van der Waals surface area contributed by atoms with Crippen molar-refractivity contribution in [3.63, 3.8) is 0 Å². The molecule has 1 N–H and O–H groups in total. The van der Waals surface area contributed by atoms with Crippen molar-refractivity contribution in [2.75, 3.05) is 26.2 Å². The summed E-state index contributed by atoms with van der Waals surface area (Å²) in [5, 5.41) is 3.31. The zero-order valence-corrected chi connectivity index (χ0v) is 12.9. The van der Waals surface area contributed by atoms with Crippen LogP contribution in [-0.2, 0) is 0 Å². The molecule has 21 heavy (non-hydrogen) atoms. The van der Waals surface area contributed by atoms with E-state index in [-0.39, 0.29) is 23.9 Å². The molecule has 1 aromatic carbocycles. The summed E-state index contributed by atoms with van der Waals surface area (Å²) in [7, 11) is 0. The van der Waals surface area contributed by atoms with Crippen LogP contribution in [0.25, 0.3) is 0 Å². The number of likely N-dealkylation sites (tertiary alicyclic amines) is 1. The summed E-state index contributed by atoms with van der Waals surface area (Å²) in [5.74, 6) is -1.14. The molecule has 0 aromatic heterocycles. The number of hydrogen-bond acceptors (Lipinski definition) is 2. The number of rotatable bonds is 4. The highest BCUT2D eigenvalue weighted by atomic mass is 35.5. The van der Waals surface area contributed by atoms with Crippen molar-refractivity contribution in [2.24, 2.45) is 5.92 Å². The predicted octanol–water partition coefficient (Wildman–Crippen LogP) is 2.85.